The van der Waals surface area contributed by atoms with Gasteiger partial charge in [-0.05, 0) is 67.1 Å². The number of ether oxygens (including phenoxy) is 3. The predicted molar refractivity (Wildman–Crippen MR) is 148 cm³/mol. The number of carbonyl (C=O) groups is 2. The maximum Gasteiger partial charge on any atom is 0.323 e. The van der Waals surface area contributed by atoms with E-state index in [1.165, 1.54) is 19.2 Å². The molecule has 3 aromatic rings. The van der Waals surface area contributed by atoms with Crippen molar-refractivity contribution >= 4 is 34.9 Å². The van der Waals surface area contributed by atoms with Crippen molar-refractivity contribution in [2.24, 2.45) is 0 Å². The van der Waals surface area contributed by atoms with E-state index in [2.05, 4.69) is 20.9 Å². The van der Waals surface area contributed by atoms with Crippen LogP contribution in [-0.4, -0.2) is 63.3 Å². The van der Waals surface area contributed by atoms with E-state index in [0.717, 1.165) is 45.3 Å². The van der Waals surface area contributed by atoms with Gasteiger partial charge in [0.25, 0.3) is 5.91 Å². The number of halogens is 2. The van der Waals surface area contributed by atoms with Crippen molar-refractivity contribution in [3.05, 3.63) is 77.1 Å². The van der Waals surface area contributed by atoms with Crippen LogP contribution >= 0.6 is 11.6 Å². The summed E-state index contributed by atoms with van der Waals surface area (Å²) in [6.45, 7) is 4.91. The van der Waals surface area contributed by atoms with Crippen LogP contribution in [0.5, 0.6) is 17.2 Å². The van der Waals surface area contributed by atoms with E-state index in [1.807, 2.05) is 0 Å². The molecule has 0 spiro atoms. The topological polar surface area (TPSA) is 101 Å². The van der Waals surface area contributed by atoms with Crippen LogP contribution in [0.2, 0.25) is 5.02 Å². The molecular weight excluding hydrogens is 527 g/mol. The zero-order valence-electron chi connectivity index (χ0n) is 21.5. The normalized spacial score (nSPS) is 13.4. The quantitative estimate of drug-likeness (QED) is 0.290. The van der Waals surface area contributed by atoms with Crippen LogP contribution in [0.1, 0.15) is 16.8 Å². The van der Waals surface area contributed by atoms with Crippen molar-refractivity contribution in [3.63, 3.8) is 0 Å². The van der Waals surface area contributed by atoms with Crippen LogP contribution in [0, 0.1) is 5.82 Å². The van der Waals surface area contributed by atoms with Gasteiger partial charge in [-0.1, -0.05) is 11.6 Å². The minimum absolute atomic E-state index is 0.117. The number of anilines is 2. The Bertz CT molecular complexity index is 1290. The van der Waals surface area contributed by atoms with Gasteiger partial charge in [0.15, 0.2) is 0 Å². The van der Waals surface area contributed by atoms with Gasteiger partial charge >= 0.3 is 6.03 Å². The Kier molecular flexibility index (Phi) is 9.96. The smallest absolute Gasteiger partial charge is 0.323 e. The lowest BCUT2D eigenvalue weighted by Gasteiger charge is -2.26. The molecule has 4 rings (SSSR count). The number of morpholine rings is 1. The molecule has 0 bridgehead atoms. The number of nitrogens with zero attached hydrogens (tertiary/aromatic N) is 1. The summed E-state index contributed by atoms with van der Waals surface area (Å²) in [6.07, 6.45) is 0.878. The van der Waals surface area contributed by atoms with Gasteiger partial charge in [0.1, 0.15) is 23.1 Å². The number of hydrogen-bond donors (Lipinski definition) is 3. The van der Waals surface area contributed by atoms with E-state index in [0.29, 0.717) is 40.3 Å². The fourth-order valence-corrected chi connectivity index (χ4v) is 4.14. The van der Waals surface area contributed by atoms with Crippen molar-refractivity contribution in [2.75, 3.05) is 57.1 Å². The van der Waals surface area contributed by atoms with Gasteiger partial charge in [0.05, 0.1) is 30.4 Å². The number of urea groups is 1. The average Bonchev–Trinajstić information content (AvgIpc) is 2.94. The molecule has 0 unspecified atom stereocenters. The number of rotatable bonds is 10. The molecule has 3 N–H and O–H groups in total. The number of amides is 3. The Balaban J connectivity index is 1.24. The summed E-state index contributed by atoms with van der Waals surface area (Å²) in [5.41, 5.74) is 0.922. The Morgan fingerprint density at radius 3 is 2.38 bits per heavy atom. The average molecular weight is 557 g/mol. The molecule has 0 aromatic heterocycles. The first-order valence-corrected chi connectivity index (χ1v) is 12.9. The second kappa shape index (κ2) is 13.8. The van der Waals surface area contributed by atoms with Crippen molar-refractivity contribution in [1.82, 2.24) is 10.2 Å². The summed E-state index contributed by atoms with van der Waals surface area (Å²) in [6, 6.07) is 15.1. The molecule has 0 atom stereocenters. The standard InChI is InChI=1S/C28H30ClFN4O5/c1-31-27(35)23-18-22(8-9-25(23)30)39-21-6-3-19(4-7-21)32-28(36)33-20-5-10-26(24(29)17-20)38-14-2-11-34-12-15-37-16-13-34/h3-10,17-18H,2,11-16H2,1H3,(H,31,35)(H2,32,33,36). The third-order valence-electron chi connectivity index (χ3n) is 5.93. The third kappa shape index (κ3) is 8.31. The van der Waals surface area contributed by atoms with Gasteiger partial charge in [-0.25, -0.2) is 9.18 Å². The van der Waals surface area contributed by atoms with Crippen LogP contribution in [0.4, 0.5) is 20.6 Å². The Labute approximate surface area is 231 Å². The first kappa shape index (κ1) is 28.2. The number of hydrogen-bond acceptors (Lipinski definition) is 6. The minimum Gasteiger partial charge on any atom is -0.492 e. The van der Waals surface area contributed by atoms with Crippen LogP contribution < -0.4 is 25.4 Å². The first-order valence-electron chi connectivity index (χ1n) is 12.5. The third-order valence-corrected chi connectivity index (χ3v) is 6.22. The van der Waals surface area contributed by atoms with Gasteiger partial charge in [-0.3, -0.25) is 9.69 Å². The highest BCUT2D eigenvalue weighted by Gasteiger charge is 2.13. The molecule has 1 fully saturated rings. The fraction of sp³-hybridized carbons (Fsp3) is 0.286. The zero-order chi connectivity index (χ0) is 27.6. The second-order valence-corrected chi connectivity index (χ2v) is 9.13. The zero-order valence-corrected chi connectivity index (χ0v) is 22.2. The van der Waals surface area contributed by atoms with E-state index in [9.17, 15) is 14.0 Å². The van der Waals surface area contributed by atoms with Gasteiger partial charge < -0.3 is 30.2 Å². The summed E-state index contributed by atoms with van der Waals surface area (Å²) in [5.74, 6) is 0.114. The van der Waals surface area contributed by atoms with Crippen LogP contribution in [0.3, 0.4) is 0 Å². The lowest BCUT2D eigenvalue weighted by atomic mass is 10.2. The number of nitrogens with one attached hydrogen (secondary N) is 3. The molecule has 3 aromatic carbocycles. The summed E-state index contributed by atoms with van der Waals surface area (Å²) in [7, 11) is 1.42. The Hall–Kier alpha value is -3.86. The molecule has 1 aliphatic heterocycles. The second-order valence-electron chi connectivity index (χ2n) is 8.73. The fourth-order valence-electron chi connectivity index (χ4n) is 3.90. The van der Waals surface area contributed by atoms with Crippen LogP contribution in [0.15, 0.2) is 60.7 Å². The molecule has 0 saturated carbocycles. The minimum atomic E-state index is -0.643. The van der Waals surface area contributed by atoms with E-state index in [4.69, 9.17) is 25.8 Å². The molecule has 0 radical (unpaired) electrons. The van der Waals surface area contributed by atoms with Crippen molar-refractivity contribution < 1.29 is 28.2 Å². The number of benzene rings is 3. The maximum atomic E-state index is 13.9. The van der Waals surface area contributed by atoms with E-state index < -0.39 is 17.8 Å². The highest BCUT2D eigenvalue weighted by atomic mass is 35.5. The predicted octanol–water partition coefficient (Wildman–Crippen LogP) is 5.38. The summed E-state index contributed by atoms with van der Waals surface area (Å²) >= 11 is 6.35. The SMILES string of the molecule is CNC(=O)c1cc(Oc2ccc(NC(=O)Nc3ccc(OCCCN4CCOCC4)c(Cl)c3)cc2)ccc1F. The molecule has 206 valence electrons. The highest BCUT2D eigenvalue weighted by Crippen LogP contribution is 2.28. The van der Waals surface area contributed by atoms with Gasteiger partial charge in [-0.15, -0.1) is 0 Å². The maximum absolute atomic E-state index is 13.9. The van der Waals surface area contributed by atoms with Crippen LogP contribution in [0.25, 0.3) is 0 Å². The molecule has 39 heavy (non-hydrogen) atoms. The van der Waals surface area contributed by atoms with E-state index in [1.54, 1.807) is 42.5 Å². The van der Waals surface area contributed by atoms with Gasteiger partial charge in [0.2, 0.25) is 0 Å². The molecule has 3 amide bonds. The van der Waals surface area contributed by atoms with Crippen molar-refractivity contribution in [3.8, 4) is 17.2 Å². The van der Waals surface area contributed by atoms with Gasteiger partial charge in [-0.2, -0.15) is 0 Å². The Morgan fingerprint density at radius 1 is 0.974 bits per heavy atom. The summed E-state index contributed by atoms with van der Waals surface area (Å²) in [4.78, 5) is 26.6. The molecule has 0 aliphatic carbocycles. The van der Waals surface area contributed by atoms with Gasteiger partial charge in [0, 0.05) is 38.1 Å². The monoisotopic (exact) mass is 556 g/mol. The van der Waals surface area contributed by atoms with Crippen molar-refractivity contribution in [2.45, 2.75) is 6.42 Å². The van der Waals surface area contributed by atoms with Crippen LogP contribution in [-0.2, 0) is 4.74 Å². The lowest BCUT2D eigenvalue weighted by Crippen LogP contribution is -2.37. The van der Waals surface area contributed by atoms with Crippen molar-refractivity contribution in [1.29, 1.82) is 0 Å². The highest BCUT2D eigenvalue weighted by molar-refractivity contribution is 6.32. The summed E-state index contributed by atoms with van der Waals surface area (Å²) < 4.78 is 30.7. The molecule has 11 heteroatoms. The summed E-state index contributed by atoms with van der Waals surface area (Å²) in [5, 5.41) is 8.26. The first-order chi connectivity index (χ1) is 18.9. The van der Waals surface area contributed by atoms with E-state index >= 15 is 0 Å². The Morgan fingerprint density at radius 2 is 1.67 bits per heavy atom. The van der Waals surface area contributed by atoms with E-state index in [-0.39, 0.29) is 5.56 Å². The largest absolute Gasteiger partial charge is 0.492 e. The number of carbonyl (C=O) groups excluding carboxylic acids is 2. The molecule has 9 nitrogen and oxygen atoms in total. The molecule has 1 aliphatic rings. The lowest BCUT2D eigenvalue weighted by molar-refractivity contribution is 0.0358. The molecule has 1 saturated heterocycles. The molecular formula is C28H30ClFN4O5. The molecule has 1 heterocycles.